The lowest BCUT2D eigenvalue weighted by molar-refractivity contribution is -0.125. The number of fused-ring (bicyclic) bond motifs is 3. The van der Waals surface area contributed by atoms with Crippen LogP contribution >= 0.6 is 0 Å². The number of benzene rings is 3. The number of likely N-dealkylation sites (N-methyl/N-ethyl adjacent to an activating group) is 1. The van der Waals surface area contributed by atoms with Crippen LogP contribution in [0.3, 0.4) is 0 Å². The molecule has 9 rings (SSSR count). The number of imide groups is 2. The van der Waals surface area contributed by atoms with Crippen LogP contribution in [-0.2, 0) is 30.5 Å². The molecule has 18 nitrogen and oxygen atoms in total. The van der Waals surface area contributed by atoms with Crippen LogP contribution in [0.4, 0.5) is 5.95 Å². The fraction of sp³-hybridized carbons (Fsp3) is 0.304. The number of nitrogens with zero attached hydrogens (tertiary/aromatic N) is 8. The second kappa shape index (κ2) is 18.1. The number of aromatic nitrogens is 6. The van der Waals surface area contributed by atoms with E-state index in [9.17, 15) is 28.8 Å². The molecule has 0 radical (unpaired) electrons. The molecule has 3 aliphatic rings. The number of H-pyrrole nitrogens is 1. The highest BCUT2D eigenvalue weighted by Crippen LogP contribution is 2.37. The Bertz CT molecular complexity index is 2860. The molecule has 1 saturated heterocycles. The minimum absolute atomic E-state index is 0.0299. The SMILES string of the molecule is CNC(=O)C(CCC=O)N1C(=O)c2ccc(-c3cn(CCCCOCCN4CCN(c5nc(C6=C(c7c[nH]c8ccccc78)C(=O)NC6=O)c6ccccc6n5)CC4)nn3)cc2C1=O. The van der Waals surface area contributed by atoms with Gasteiger partial charge in [-0.05, 0) is 43.5 Å². The van der Waals surface area contributed by atoms with Gasteiger partial charge in [0.15, 0.2) is 0 Å². The summed E-state index contributed by atoms with van der Waals surface area (Å²) in [4.78, 5) is 95.3. The van der Waals surface area contributed by atoms with Gasteiger partial charge in [0.05, 0.1) is 46.3 Å². The molecule has 3 aromatic heterocycles. The predicted molar refractivity (Wildman–Crippen MR) is 236 cm³/mol. The first-order valence-corrected chi connectivity index (χ1v) is 21.3. The number of aldehydes is 1. The number of aryl methyl sites for hydroxylation is 1. The van der Waals surface area contributed by atoms with E-state index in [0.717, 1.165) is 48.3 Å². The van der Waals surface area contributed by atoms with Crippen LogP contribution in [0.1, 0.15) is 57.7 Å². The number of unbranched alkanes of at least 4 members (excludes halogenated alkanes) is 1. The average molecular weight is 864 g/mol. The van der Waals surface area contributed by atoms with Crippen LogP contribution in [0.25, 0.3) is 44.2 Å². The highest BCUT2D eigenvalue weighted by molar-refractivity contribution is 6.50. The fourth-order valence-corrected chi connectivity index (χ4v) is 8.57. The number of hydrogen-bond donors (Lipinski definition) is 3. The standard InChI is InChI=1S/C46H45N11O7/c1-47-41(59)37(13-8-22-58)57-44(62)30-15-14-28(25-32(30)45(57)63)36-27-56(53-52-36)16-6-7-23-64-24-21-54-17-19-55(20-18-54)46-49-35-12-5-3-10-31(35)40(50-46)39-38(42(60)51-43(39)61)33-26-48-34-11-4-2-9-29(33)34/h2-5,9-12,14-15,22,25-27,37,48H,6-8,13,16-21,23-24H2,1H3,(H,47,59)(H,51,60,61). The lowest BCUT2D eigenvalue weighted by Crippen LogP contribution is -2.48. The van der Waals surface area contributed by atoms with Gasteiger partial charge in [-0.1, -0.05) is 47.7 Å². The number of para-hydroxylation sites is 2. The predicted octanol–water partition coefficient (Wildman–Crippen LogP) is 3.25. The molecule has 3 aromatic carbocycles. The molecule has 0 bridgehead atoms. The molecule has 3 aliphatic heterocycles. The van der Waals surface area contributed by atoms with E-state index in [1.54, 1.807) is 35.3 Å². The molecule has 1 unspecified atom stereocenters. The first-order valence-electron chi connectivity index (χ1n) is 21.3. The summed E-state index contributed by atoms with van der Waals surface area (Å²) < 4.78 is 7.72. The minimum atomic E-state index is -1.09. The van der Waals surface area contributed by atoms with Crippen LogP contribution in [-0.4, -0.2) is 135 Å². The summed E-state index contributed by atoms with van der Waals surface area (Å²) >= 11 is 0. The lowest BCUT2D eigenvalue weighted by Gasteiger charge is -2.34. The maximum Gasteiger partial charge on any atom is 0.262 e. The molecule has 18 heteroatoms. The van der Waals surface area contributed by atoms with Gasteiger partial charge in [-0.25, -0.2) is 9.97 Å². The third-order valence-corrected chi connectivity index (χ3v) is 11.9. The molecule has 5 amide bonds. The van der Waals surface area contributed by atoms with Gasteiger partial charge in [-0.3, -0.25) is 43.8 Å². The maximum absolute atomic E-state index is 13.5. The first kappa shape index (κ1) is 41.9. The molecule has 1 atom stereocenters. The van der Waals surface area contributed by atoms with Gasteiger partial charge in [0.1, 0.15) is 18.0 Å². The Hall–Kier alpha value is -7.44. The molecule has 0 spiro atoms. The normalized spacial score (nSPS) is 16.0. The Kier molecular flexibility index (Phi) is 11.9. The van der Waals surface area contributed by atoms with E-state index in [-0.39, 0.29) is 29.5 Å². The van der Waals surface area contributed by atoms with E-state index >= 15 is 0 Å². The molecule has 3 N–H and O–H groups in total. The Morgan fingerprint density at radius 2 is 1.61 bits per heavy atom. The van der Waals surface area contributed by atoms with Gasteiger partial charge >= 0.3 is 0 Å². The monoisotopic (exact) mass is 863 g/mol. The Morgan fingerprint density at radius 3 is 2.42 bits per heavy atom. The van der Waals surface area contributed by atoms with Crippen LogP contribution in [0.15, 0.2) is 79.1 Å². The number of anilines is 1. The minimum Gasteiger partial charge on any atom is -0.380 e. The number of carbonyl (C=O) groups excluding carboxylic acids is 6. The van der Waals surface area contributed by atoms with Crippen LogP contribution < -0.4 is 15.5 Å². The van der Waals surface area contributed by atoms with Crippen molar-refractivity contribution in [2.45, 2.75) is 38.3 Å². The summed E-state index contributed by atoms with van der Waals surface area (Å²) in [6, 6.07) is 19.0. The van der Waals surface area contributed by atoms with Crippen molar-refractivity contribution in [3.63, 3.8) is 0 Å². The molecule has 0 saturated carbocycles. The number of amides is 5. The smallest absolute Gasteiger partial charge is 0.262 e. The lowest BCUT2D eigenvalue weighted by atomic mass is 9.97. The Balaban J connectivity index is 0.756. The van der Waals surface area contributed by atoms with E-state index in [4.69, 9.17) is 14.7 Å². The van der Waals surface area contributed by atoms with Gasteiger partial charge in [0.2, 0.25) is 11.9 Å². The van der Waals surface area contributed by atoms with Gasteiger partial charge in [-0.15, -0.1) is 5.10 Å². The summed E-state index contributed by atoms with van der Waals surface area (Å²) in [5.74, 6) is -2.12. The van der Waals surface area contributed by atoms with Gasteiger partial charge < -0.3 is 24.7 Å². The molecule has 326 valence electrons. The molecule has 1 fully saturated rings. The number of ether oxygens (including phenoxy) is 1. The number of carbonyl (C=O) groups is 6. The van der Waals surface area contributed by atoms with Crippen molar-refractivity contribution in [1.82, 2.24) is 50.4 Å². The van der Waals surface area contributed by atoms with Crippen molar-refractivity contribution in [2.24, 2.45) is 0 Å². The van der Waals surface area contributed by atoms with Crippen LogP contribution in [0.2, 0.25) is 0 Å². The first-order chi connectivity index (χ1) is 31.2. The van der Waals surface area contributed by atoms with Crippen molar-refractivity contribution in [3.8, 4) is 11.3 Å². The summed E-state index contributed by atoms with van der Waals surface area (Å²) in [5, 5.41) is 15.0. The number of piperazine rings is 1. The largest absolute Gasteiger partial charge is 0.380 e. The summed E-state index contributed by atoms with van der Waals surface area (Å²) in [6.45, 7) is 5.45. The van der Waals surface area contributed by atoms with Crippen molar-refractivity contribution in [1.29, 1.82) is 0 Å². The molecular weight excluding hydrogens is 819 g/mol. The fourth-order valence-electron chi connectivity index (χ4n) is 8.57. The van der Waals surface area contributed by atoms with Gasteiger partial charge in [-0.2, -0.15) is 0 Å². The van der Waals surface area contributed by atoms with Crippen molar-refractivity contribution in [2.75, 3.05) is 57.9 Å². The number of hydrogen-bond acceptors (Lipinski definition) is 13. The Labute approximate surface area is 366 Å². The number of nitrogens with one attached hydrogen (secondary N) is 3. The third kappa shape index (κ3) is 8.04. The Morgan fingerprint density at radius 1 is 0.844 bits per heavy atom. The second-order valence-corrected chi connectivity index (χ2v) is 15.8. The van der Waals surface area contributed by atoms with Gasteiger partial charge in [0.25, 0.3) is 23.6 Å². The van der Waals surface area contributed by atoms with E-state index in [1.807, 2.05) is 48.5 Å². The molecule has 6 aromatic rings. The summed E-state index contributed by atoms with van der Waals surface area (Å²) in [7, 11) is 1.42. The van der Waals surface area contributed by atoms with E-state index in [0.29, 0.717) is 84.1 Å². The van der Waals surface area contributed by atoms with Crippen molar-refractivity contribution >= 4 is 74.7 Å². The van der Waals surface area contributed by atoms with Crippen molar-refractivity contribution in [3.05, 3.63) is 102 Å². The zero-order valence-electron chi connectivity index (χ0n) is 35.1. The zero-order chi connectivity index (χ0) is 44.3. The van der Waals surface area contributed by atoms with Crippen LogP contribution in [0.5, 0.6) is 0 Å². The van der Waals surface area contributed by atoms with E-state index < -0.39 is 35.6 Å². The quantitative estimate of drug-likeness (QED) is 0.0683. The average Bonchev–Trinajstić information content (AvgIpc) is 4.09. The summed E-state index contributed by atoms with van der Waals surface area (Å²) in [5.41, 5.74) is 4.67. The van der Waals surface area contributed by atoms with E-state index in [1.165, 1.54) is 7.05 Å². The number of rotatable bonds is 17. The second-order valence-electron chi connectivity index (χ2n) is 15.8. The molecule has 6 heterocycles. The highest BCUT2D eigenvalue weighted by Gasteiger charge is 2.43. The maximum atomic E-state index is 13.5. The zero-order valence-corrected chi connectivity index (χ0v) is 35.1. The van der Waals surface area contributed by atoms with Gasteiger partial charge in [0, 0.05) is 93.0 Å². The topological polar surface area (TPSA) is 218 Å². The third-order valence-electron chi connectivity index (χ3n) is 11.9. The van der Waals surface area contributed by atoms with Crippen molar-refractivity contribution < 1.29 is 33.5 Å². The number of aromatic amines is 1. The molecule has 64 heavy (non-hydrogen) atoms. The molecular formula is C46H45N11O7. The van der Waals surface area contributed by atoms with Crippen LogP contribution in [0, 0.1) is 0 Å². The van der Waals surface area contributed by atoms with E-state index in [2.05, 4.69) is 35.7 Å². The molecule has 0 aliphatic carbocycles. The summed E-state index contributed by atoms with van der Waals surface area (Å²) in [6.07, 6.45) is 5.89. The highest BCUT2D eigenvalue weighted by atomic mass is 16.5.